The van der Waals surface area contributed by atoms with Crippen LogP contribution < -0.4 is 10.6 Å². The van der Waals surface area contributed by atoms with Crippen molar-refractivity contribution in [3.63, 3.8) is 0 Å². The fraction of sp³-hybridized carbons (Fsp3) is 0.500. The summed E-state index contributed by atoms with van der Waals surface area (Å²) in [6.45, 7) is 9.22. The van der Waals surface area contributed by atoms with Crippen LogP contribution in [0.2, 0.25) is 0 Å². The molecule has 2 aliphatic heterocycles. The summed E-state index contributed by atoms with van der Waals surface area (Å²) in [4.78, 5) is 18.4. The van der Waals surface area contributed by atoms with Gasteiger partial charge in [-0.2, -0.15) is 0 Å². The number of hydrogen-bond donors (Lipinski definition) is 2. The molecule has 0 spiro atoms. The zero-order valence-electron chi connectivity index (χ0n) is 15.1. The summed E-state index contributed by atoms with van der Waals surface area (Å²) < 4.78 is 5.39. The minimum absolute atomic E-state index is 0.578. The second kappa shape index (κ2) is 7.94. The summed E-state index contributed by atoms with van der Waals surface area (Å²) in [5.41, 5.74) is 1.90. The molecule has 138 valence electrons. The van der Waals surface area contributed by atoms with Gasteiger partial charge in [0.1, 0.15) is 0 Å². The van der Waals surface area contributed by atoms with Crippen LogP contribution in [0.3, 0.4) is 0 Å². The lowest BCUT2D eigenvalue weighted by atomic mass is 10.2. The van der Waals surface area contributed by atoms with Crippen molar-refractivity contribution < 1.29 is 4.74 Å². The maximum atomic E-state index is 5.39. The first kappa shape index (κ1) is 17.1. The fourth-order valence-electron chi connectivity index (χ4n) is 3.20. The minimum atomic E-state index is 0.578. The molecule has 8 heteroatoms. The van der Waals surface area contributed by atoms with Gasteiger partial charge < -0.3 is 10.1 Å². The molecule has 0 amide bonds. The standard InChI is InChI=1S/C18H25N7O/c1-14-15-4-2-3-5-16(15)22-18(21-14)23-17-19-12-25(13-20-17)7-6-24-8-10-26-11-9-24/h2-5H,6-13H2,1H3,(H2,19,20,21,22,23). The van der Waals surface area contributed by atoms with Crippen molar-refractivity contribution in [2.75, 3.05) is 58.0 Å². The Morgan fingerprint density at radius 1 is 1.12 bits per heavy atom. The van der Waals surface area contributed by atoms with Gasteiger partial charge in [-0.25, -0.2) is 15.0 Å². The van der Waals surface area contributed by atoms with Crippen molar-refractivity contribution in [1.29, 1.82) is 0 Å². The first-order valence-corrected chi connectivity index (χ1v) is 9.09. The molecule has 2 aromatic rings. The van der Waals surface area contributed by atoms with Crippen molar-refractivity contribution in [2.24, 2.45) is 4.99 Å². The Morgan fingerprint density at radius 3 is 2.73 bits per heavy atom. The maximum Gasteiger partial charge on any atom is 0.230 e. The van der Waals surface area contributed by atoms with Gasteiger partial charge in [0, 0.05) is 31.6 Å². The molecule has 4 rings (SSSR count). The van der Waals surface area contributed by atoms with E-state index in [4.69, 9.17) is 4.74 Å². The lowest BCUT2D eigenvalue weighted by molar-refractivity contribution is 0.0331. The van der Waals surface area contributed by atoms with Crippen LogP contribution in [0.4, 0.5) is 5.95 Å². The fourth-order valence-corrected chi connectivity index (χ4v) is 3.20. The van der Waals surface area contributed by atoms with Crippen LogP contribution in [0.25, 0.3) is 10.9 Å². The monoisotopic (exact) mass is 355 g/mol. The van der Waals surface area contributed by atoms with Crippen LogP contribution in [-0.4, -0.2) is 78.5 Å². The van der Waals surface area contributed by atoms with E-state index in [1.807, 2.05) is 31.2 Å². The molecule has 0 aliphatic carbocycles. The summed E-state index contributed by atoms with van der Waals surface area (Å²) in [5.74, 6) is 1.30. The lowest BCUT2D eigenvalue weighted by Crippen LogP contribution is -2.49. The topological polar surface area (TPSA) is 77.9 Å². The maximum absolute atomic E-state index is 5.39. The van der Waals surface area contributed by atoms with E-state index in [-0.39, 0.29) is 0 Å². The molecule has 2 N–H and O–H groups in total. The zero-order chi connectivity index (χ0) is 17.8. The van der Waals surface area contributed by atoms with Crippen LogP contribution in [0.15, 0.2) is 29.3 Å². The summed E-state index contributed by atoms with van der Waals surface area (Å²) in [7, 11) is 0. The van der Waals surface area contributed by atoms with E-state index < -0.39 is 0 Å². The molecule has 26 heavy (non-hydrogen) atoms. The summed E-state index contributed by atoms with van der Waals surface area (Å²) >= 11 is 0. The highest BCUT2D eigenvalue weighted by molar-refractivity contribution is 5.93. The number of aromatic nitrogens is 2. The van der Waals surface area contributed by atoms with Gasteiger partial charge in [-0.05, 0) is 13.0 Å². The number of aliphatic imine (C=N–C) groups is 1. The van der Waals surface area contributed by atoms with Gasteiger partial charge in [0.05, 0.1) is 37.8 Å². The predicted molar refractivity (Wildman–Crippen MR) is 102 cm³/mol. The quantitative estimate of drug-likeness (QED) is 0.842. The number of nitrogens with zero attached hydrogens (tertiary/aromatic N) is 5. The number of ether oxygens (including phenoxy) is 1. The summed E-state index contributed by atoms with van der Waals surface area (Å²) in [5, 5.41) is 7.59. The largest absolute Gasteiger partial charge is 0.379 e. The van der Waals surface area contributed by atoms with Crippen LogP contribution in [0.1, 0.15) is 5.69 Å². The Balaban J connectivity index is 1.33. The third kappa shape index (κ3) is 4.09. The van der Waals surface area contributed by atoms with Gasteiger partial charge in [0.25, 0.3) is 0 Å². The molecule has 3 heterocycles. The second-order valence-corrected chi connectivity index (χ2v) is 6.61. The van der Waals surface area contributed by atoms with E-state index in [0.29, 0.717) is 12.6 Å². The first-order valence-electron chi connectivity index (χ1n) is 9.09. The SMILES string of the molecule is Cc1nc(NC2=NCN(CCN3CCOCC3)CN2)nc2ccccc12. The van der Waals surface area contributed by atoms with E-state index in [1.54, 1.807) is 0 Å². The van der Waals surface area contributed by atoms with Gasteiger partial charge in [0.15, 0.2) is 0 Å². The molecule has 1 saturated heterocycles. The highest BCUT2D eigenvalue weighted by Gasteiger charge is 2.16. The van der Waals surface area contributed by atoms with Crippen LogP contribution in [0.5, 0.6) is 0 Å². The number of guanidine groups is 1. The number of benzene rings is 1. The zero-order valence-corrected chi connectivity index (χ0v) is 15.1. The summed E-state index contributed by atoms with van der Waals surface area (Å²) in [6.07, 6.45) is 0. The molecule has 0 radical (unpaired) electrons. The molecular weight excluding hydrogens is 330 g/mol. The number of morpholine rings is 1. The number of rotatable bonds is 4. The Kier molecular flexibility index (Phi) is 5.24. The molecule has 0 unspecified atom stereocenters. The van der Waals surface area contributed by atoms with Gasteiger partial charge in [-0.15, -0.1) is 0 Å². The molecule has 1 aromatic heterocycles. The molecular formula is C18H25N7O. The number of para-hydroxylation sites is 1. The molecule has 0 bridgehead atoms. The van der Waals surface area contributed by atoms with E-state index in [2.05, 4.69) is 35.4 Å². The minimum Gasteiger partial charge on any atom is -0.379 e. The highest BCUT2D eigenvalue weighted by Crippen LogP contribution is 2.16. The van der Waals surface area contributed by atoms with Gasteiger partial charge in [-0.3, -0.25) is 15.1 Å². The van der Waals surface area contributed by atoms with Gasteiger partial charge in [-0.1, -0.05) is 18.2 Å². The van der Waals surface area contributed by atoms with Crippen molar-refractivity contribution in [3.8, 4) is 0 Å². The average molecular weight is 355 g/mol. The van der Waals surface area contributed by atoms with Gasteiger partial charge in [0.2, 0.25) is 11.9 Å². The molecule has 2 aliphatic rings. The normalized spacial score (nSPS) is 19.2. The van der Waals surface area contributed by atoms with Crippen molar-refractivity contribution in [1.82, 2.24) is 25.1 Å². The molecule has 0 atom stereocenters. The molecule has 8 nitrogen and oxygen atoms in total. The van der Waals surface area contributed by atoms with Crippen LogP contribution in [0, 0.1) is 6.92 Å². The van der Waals surface area contributed by atoms with E-state index >= 15 is 0 Å². The predicted octanol–water partition coefficient (Wildman–Crippen LogP) is 0.859. The van der Waals surface area contributed by atoms with E-state index in [1.165, 1.54) is 0 Å². The lowest BCUT2D eigenvalue weighted by Gasteiger charge is -2.31. The smallest absolute Gasteiger partial charge is 0.230 e. The van der Waals surface area contributed by atoms with Crippen molar-refractivity contribution in [2.45, 2.75) is 6.92 Å². The molecule has 1 fully saturated rings. The molecule has 0 saturated carbocycles. The Morgan fingerprint density at radius 2 is 1.92 bits per heavy atom. The first-order chi connectivity index (χ1) is 12.8. The highest BCUT2D eigenvalue weighted by atomic mass is 16.5. The number of nitrogens with one attached hydrogen (secondary N) is 2. The Labute approximate surface area is 153 Å². The third-order valence-electron chi connectivity index (χ3n) is 4.76. The average Bonchev–Trinajstić information content (AvgIpc) is 2.68. The van der Waals surface area contributed by atoms with E-state index in [9.17, 15) is 0 Å². The Bertz CT molecular complexity index is 788. The third-order valence-corrected chi connectivity index (χ3v) is 4.76. The van der Waals surface area contributed by atoms with Crippen LogP contribution in [-0.2, 0) is 4.74 Å². The van der Waals surface area contributed by atoms with Crippen LogP contribution >= 0.6 is 0 Å². The van der Waals surface area contributed by atoms with Crippen molar-refractivity contribution >= 4 is 22.8 Å². The van der Waals surface area contributed by atoms with E-state index in [0.717, 1.165) is 68.6 Å². The number of hydrogen-bond acceptors (Lipinski definition) is 8. The second-order valence-electron chi connectivity index (χ2n) is 6.61. The number of fused-ring (bicyclic) bond motifs is 1. The van der Waals surface area contributed by atoms with Gasteiger partial charge >= 0.3 is 0 Å². The Hall–Kier alpha value is -2.29. The number of anilines is 1. The molecule has 1 aromatic carbocycles. The number of aryl methyl sites for hydroxylation is 1. The van der Waals surface area contributed by atoms with Crippen molar-refractivity contribution in [3.05, 3.63) is 30.0 Å². The summed E-state index contributed by atoms with van der Waals surface area (Å²) in [6, 6.07) is 8.03.